The van der Waals surface area contributed by atoms with E-state index in [9.17, 15) is 0 Å². The second-order valence-electron chi connectivity index (χ2n) is 4.44. The Labute approximate surface area is 99.6 Å². The minimum absolute atomic E-state index is 0.833. The number of likely N-dealkylation sites (tertiary alicyclic amines) is 1. The summed E-state index contributed by atoms with van der Waals surface area (Å²) in [5.41, 5.74) is 2.44. The second kappa shape index (κ2) is 4.66. The van der Waals surface area contributed by atoms with Crippen molar-refractivity contribution in [3.05, 3.63) is 17.5 Å². The van der Waals surface area contributed by atoms with E-state index in [1.807, 2.05) is 11.7 Å². The first-order valence-corrected chi connectivity index (χ1v) is 6.59. The van der Waals surface area contributed by atoms with E-state index in [1.165, 1.54) is 25.2 Å². The van der Waals surface area contributed by atoms with E-state index in [0.717, 1.165) is 23.5 Å². The zero-order chi connectivity index (χ0) is 10.8. The van der Waals surface area contributed by atoms with Crippen molar-refractivity contribution in [3.8, 4) is 0 Å². The van der Waals surface area contributed by atoms with Gasteiger partial charge >= 0.3 is 0 Å². The molecule has 0 N–H and O–H groups in total. The van der Waals surface area contributed by atoms with Gasteiger partial charge in [0.05, 0.1) is 11.4 Å². The Bertz CT molecular complexity index is 335. The molecule has 1 atom stereocenters. The molecule has 1 aliphatic rings. The van der Waals surface area contributed by atoms with Crippen molar-refractivity contribution >= 4 is 15.9 Å². The molecule has 1 fully saturated rings. The zero-order valence-corrected chi connectivity index (χ0v) is 11.0. The van der Waals surface area contributed by atoms with Crippen LogP contribution >= 0.6 is 15.9 Å². The molecule has 1 aromatic heterocycles. The van der Waals surface area contributed by atoms with Crippen LogP contribution in [0.2, 0.25) is 0 Å². The maximum absolute atomic E-state index is 4.37. The highest BCUT2D eigenvalue weighted by molar-refractivity contribution is 9.09. The number of hydrogen-bond acceptors (Lipinski definition) is 2. The summed E-state index contributed by atoms with van der Waals surface area (Å²) < 4.78 is 2.00. The summed E-state index contributed by atoms with van der Waals surface area (Å²) >= 11 is 3.56. The maximum Gasteiger partial charge on any atom is 0.0597 e. The highest BCUT2D eigenvalue weighted by atomic mass is 79.9. The Morgan fingerprint density at radius 3 is 2.93 bits per heavy atom. The molecule has 4 heteroatoms. The van der Waals surface area contributed by atoms with Gasteiger partial charge in [-0.3, -0.25) is 9.58 Å². The summed E-state index contributed by atoms with van der Waals surface area (Å²) in [6.45, 7) is 5.53. The van der Waals surface area contributed by atoms with Crippen LogP contribution in [0.15, 0.2) is 6.07 Å². The van der Waals surface area contributed by atoms with E-state index in [0.29, 0.717) is 0 Å². The average Bonchev–Trinajstić information content (AvgIpc) is 2.75. The van der Waals surface area contributed by atoms with Gasteiger partial charge in [-0.25, -0.2) is 0 Å². The number of nitrogens with zero attached hydrogens (tertiary/aromatic N) is 3. The molecule has 2 rings (SSSR count). The molecule has 84 valence electrons. The number of rotatable bonds is 3. The summed E-state index contributed by atoms with van der Waals surface area (Å²) in [6.07, 6.45) is 1.32. The van der Waals surface area contributed by atoms with Gasteiger partial charge in [0.15, 0.2) is 0 Å². The predicted molar refractivity (Wildman–Crippen MR) is 65.1 cm³/mol. The lowest BCUT2D eigenvalue weighted by Crippen LogP contribution is -2.21. The van der Waals surface area contributed by atoms with Gasteiger partial charge in [-0.15, -0.1) is 0 Å². The second-order valence-corrected chi connectivity index (χ2v) is 5.09. The molecule has 1 aromatic rings. The van der Waals surface area contributed by atoms with Gasteiger partial charge in [-0.05, 0) is 31.9 Å². The highest BCUT2D eigenvalue weighted by Crippen LogP contribution is 2.20. The Morgan fingerprint density at radius 1 is 1.60 bits per heavy atom. The van der Waals surface area contributed by atoms with Crippen LogP contribution in [0.5, 0.6) is 0 Å². The summed E-state index contributed by atoms with van der Waals surface area (Å²) in [4.78, 5) is 2.52. The molecule has 0 bridgehead atoms. The highest BCUT2D eigenvalue weighted by Gasteiger charge is 2.22. The number of aromatic nitrogens is 2. The third-order valence-corrected chi connectivity index (χ3v) is 3.99. The lowest BCUT2D eigenvalue weighted by Gasteiger charge is -2.15. The fourth-order valence-corrected chi connectivity index (χ4v) is 2.75. The summed E-state index contributed by atoms with van der Waals surface area (Å²) in [5.74, 6) is 0.833. The largest absolute Gasteiger partial charge is 0.297 e. The molecule has 0 radical (unpaired) electrons. The predicted octanol–water partition coefficient (Wildman–Crippen LogP) is 1.95. The Morgan fingerprint density at radius 2 is 2.40 bits per heavy atom. The van der Waals surface area contributed by atoms with Crippen molar-refractivity contribution in [2.24, 2.45) is 13.0 Å². The topological polar surface area (TPSA) is 21.1 Å². The fourth-order valence-electron chi connectivity index (χ4n) is 2.22. The molecule has 15 heavy (non-hydrogen) atoms. The van der Waals surface area contributed by atoms with Crippen LogP contribution in [-0.2, 0) is 13.6 Å². The SMILES string of the molecule is Cc1cc(CN2CCC(CBr)C2)n(C)n1. The van der Waals surface area contributed by atoms with Crippen LogP contribution in [0.4, 0.5) is 0 Å². The van der Waals surface area contributed by atoms with Gasteiger partial charge in [0.25, 0.3) is 0 Å². The summed E-state index contributed by atoms with van der Waals surface area (Å²) in [7, 11) is 2.03. The smallest absolute Gasteiger partial charge is 0.0597 e. The van der Waals surface area contributed by atoms with E-state index in [2.05, 4.69) is 38.9 Å². The lowest BCUT2D eigenvalue weighted by atomic mass is 10.2. The maximum atomic E-state index is 4.37. The van der Waals surface area contributed by atoms with Gasteiger partial charge in [-0.1, -0.05) is 15.9 Å². The van der Waals surface area contributed by atoms with Gasteiger partial charge < -0.3 is 0 Å². The summed E-state index contributed by atoms with van der Waals surface area (Å²) in [6, 6.07) is 2.18. The van der Waals surface area contributed by atoms with Crippen LogP contribution in [0.3, 0.4) is 0 Å². The molecule has 1 unspecified atom stereocenters. The van der Waals surface area contributed by atoms with E-state index in [4.69, 9.17) is 0 Å². The molecule has 0 amide bonds. The van der Waals surface area contributed by atoms with Gasteiger partial charge in [0, 0.05) is 25.5 Å². The zero-order valence-electron chi connectivity index (χ0n) is 9.41. The Hall–Kier alpha value is -0.350. The Kier molecular flexibility index (Phi) is 3.46. The van der Waals surface area contributed by atoms with Crippen LogP contribution in [0, 0.1) is 12.8 Å². The van der Waals surface area contributed by atoms with Crippen LogP contribution in [-0.4, -0.2) is 33.1 Å². The van der Waals surface area contributed by atoms with Gasteiger partial charge in [0.1, 0.15) is 0 Å². The number of hydrogen-bond donors (Lipinski definition) is 0. The molecule has 0 saturated carbocycles. The minimum Gasteiger partial charge on any atom is -0.297 e. The van der Waals surface area contributed by atoms with Crippen molar-refractivity contribution in [2.75, 3.05) is 18.4 Å². The quantitative estimate of drug-likeness (QED) is 0.784. The molecule has 0 aromatic carbocycles. The molecule has 1 saturated heterocycles. The minimum atomic E-state index is 0.833. The van der Waals surface area contributed by atoms with Crippen molar-refractivity contribution in [3.63, 3.8) is 0 Å². The number of aryl methyl sites for hydroxylation is 2. The molecule has 0 aliphatic carbocycles. The number of alkyl halides is 1. The standard InChI is InChI=1S/C11H18BrN3/c1-9-5-11(14(2)13-9)8-15-4-3-10(6-12)7-15/h5,10H,3-4,6-8H2,1-2H3. The first-order chi connectivity index (χ1) is 7.19. The van der Waals surface area contributed by atoms with Crippen molar-refractivity contribution in [2.45, 2.75) is 19.9 Å². The molecular formula is C11H18BrN3. The van der Waals surface area contributed by atoms with Crippen LogP contribution in [0.25, 0.3) is 0 Å². The Balaban J connectivity index is 1.95. The molecule has 2 heterocycles. The van der Waals surface area contributed by atoms with E-state index in [1.54, 1.807) is 0 Å². The van der Waals surface area contributed by atoms with Gasteiger partial charge in [0.2, 0.25) is 0 Å². The van der Waals surface area contributed by atoms with E-state index in [-0.39, 0.29) is 0 Å². The van der Waals surface area contributed by atoms with E-state index >= 15 is 0 Å². The third kappa shape index (κ3) is 2.61. The monoisotopic (exact) mass is 271 g/mol. The van der Waals surface area contributed by atoms with Crippen molar-refractivity contribution in [1.82, 2.24) is 14.7 Å². The van der Waals surface area contributed by atoms with Crippen molar-refractivity contribution < 1.29 is 0 Å². The summed E-state index contributed by atoms with van der Waals surface area (Å²) in [5, 5.41) is 5.51. The van der Waals surface area contributed by atoms with Gasteiger partial charge in [-0.2, -0.15) is 5.10 Å². The van der Waals surface area contributed by atoms with Crippen molar-refractivity contribution in [1.29, 1.82) is 0 Å². The first kappa shape index (κ1) is 11.1. The van der Waals surface area contributed by atoms with E-state index < -0.39 is 0 Å². The van der Waals surface area contributed by atoms with Crippen LogP contribution in [0.1, 0.15) is 17.8 Å². The lowest BCUT2D eigenvalue weighted by molar-refractivity contribution is 0.312. The molecule has 0 spiro atoms. The molecule has 1 aliphatic heterocycles. The first-order valence-electron chi connectivity index (χ1n) is 5.47. The average molecular weight is 272 g/mol. The molecular weight excluding hydrogens is 254 g/mol. The number of halogens is 1. The van der Waals surface area contributed by atoms with Crippen LogP contribution < -0.4 is 0 Å². The molecule has 3 nitrogen and oxygen atoms in total. The fraction of sp³-hybridized carbons (Fsp3) is 0.727. The third-order valence-electron chi connectivity index (χ3n) is 3.07. The normalized spacial score (nSPS) is 22.5.